The Kier molecular flexibility index (Phi) is 4.62. The van der Waals surface area contributed by atoms with Crippen LogP contribution in [0.25, 0.3) is 0 Å². The minimum Gasteiger partial charge on any atom is -0.481 e. The molecule has 0 aliphatic heterocycles. The highest BCUT2D eigenvalue weighted by Crippen LogP contribution is 2.31. The monoisotopic (exact) mass is 290 g/mol. The van der Waals surface area contributed by atoms with Crippen molar-refractivity contribution in [3.8, 4) is 11.9 Å². The molecule has 0 radical (unpaired) electrons. The minimum atomic E-state index is -2.61. The SMILES string of the molecule is COc1ncc(C(F)F)c(CBr)c1CC#N. The van der Waals surface area contributed by atoms with E-state index >= 15 is 0 Å². The Morgan fingerprint density at radius 3 is 2.69 bits per heavy atom. The molecule has 0 aromatic carbocycles. The number of methoxy groups -OCH3 is 1. The van der Waals surface area contributed by atoms with Crippen molar-refractivity contribution in [1.29, 1.82) is 5.26 Å². The van der Waals surface area contributed by atoms with E-state index < -0.39 is 6.43 Å². The van der Waals surface area contributed by atoms with Crippen molar-refractivity contribution in [3.63, 3.8) is 0 Å². The van der Waals surface area contributed by atoms with Crippen LogP contribution in [0.15, 0.2) is 6.20 Å². The van der Waals surface area contributed by atoms with Crippen LogP contribution in [0.4, 0.5) is 8.78 Å². The first kappa shape index (κ1) is 12.8. The van der Waals surface area contributed by atoms with Gasteiger partial charge in [-0.05, 0) is 5.56 Å². The summed E-state index contributed by atoms with van der Waals surface area (Å²) in [6.07, 6.45) is -1.53. The molecule has 86 valence electrons. The maximum Gasteiger partial charge on any atom is 0.265 e. The highest BCUT2D eigenvalue weighted by molar-refractivity contribution is 9.08. The Hall–Kier alpha value is -1.22. The first-order chi connectivity index (χ1) is 7.65. The number of pyridine rings is 1. The Bertz CT molecular complexity index is 418. The molecule has 3 nitrogen and oxygen atoms in total. The predicted octanol–water partition coefficient (Wildman–Crippen LogP) is 2.99. The Morgan fingerprint density at radius 1 is 1.56 bits per heavy atom. The second-order valence-corrected chi connectivity index (χ2v) is 3.51. The normalized spacial score (nSPS) is 10.2. The van der Waals surface area contributed by atoms with Gasteiger partial charge in [0.15, 0.2) is 0 Å². The number of nitriles is 1. The zero-order valence-corrected chi connectivity index (χ0v) is 10.1. The van der Waals surface area contributed by atoms with E-state index in [2.05, 4.69) is 20.9 Å². The molecule has 0 aliphatic rings. The van der Waals surface area contributed by atoms with Crippen molar-refractivity contribution in [2.75, 3.05) is 7.11 Å². The lowest BCUT2D eigenvalue weighted by atomic mass is 10.0. The molecule has 0 atom stereocenters. The number of ether oxygens (including phenoxy) is 1. The predicted molar refractivity (Wildman–Crippen MR) is 57.7 cm³/mol. The third-order valence-electron chi connectivity index (χ3n) is 2.11. The summed E-state index contributed by atoms with van der Waals surface area (Å²) in [6.45, 7) is 0. The van der Waals surface area contributed by atoms with Crippen molar-refractivity contribution in [1.82, 2.24) is 4.98 Å². The van der Waals surface area contributed by atoms with Gasteiger partial charge in [0.1, 0.15) is 0 Å². The molecule has 0 bridgehead atoms. The fourth-order valence-corrected chi connectivity index (χ4v) is 2.03. The van der Waals surface area contributed by atoms with E-state index in [4.69, 9.17) is 10.00 Å². The highest BCUT2D eigenvalue weighted by atomic mass is 79.9. The molecule has 0 aliphatic carbocycles. The zero-order valence-electron chi connectivity index (χ0n) is 8.51. The summed E-state index contributed by atoms with van der Waals surface area (Å²) < 4.78 is 30.3. The molecule has 1 heterocycles. The van der Waals surface area contributed by atoms with Crippen LogP contribution >= 0.6 is 15.9 Å². The van der Waals surface area contributed by atoms with E-state index in [1.807, 2.05) is 6.07 Å². The quantitative estimate of drug-likeness (QED) is 0.801. The van der Waals surface area contributed by atoms with Gasteiger partial charge in [-0.15, -0.1) is 0 Å². The van der Waals surface area contributed by atoms with Crippen molar-refractivity contribution < 1.29 is 13.5 Å². The fraction of sp³-hybridized carbons (Fsp3) is 0.400. The van der Waals surface area contributed by atoms with Gasteiger partial charge in [-0.3, -0.25) is 0 Å². The van der Waals surface area contributed by atoms with E-state index in [9.17, 15) is 8.78 Å². The molecule has 1 aromatic rings. The Morgan fingerprint density at radius 2 is 2.25 bits per heavy atom. The van der Waals surface area contributed by atoms with Crippen LogP contribution in [-0.2, 0) is 11.8 Å². The van der Waals surface area contributed by atoms with Crippen molar-refractivity contribution >= 4 is 15.9 Å². The summed E-state index contributed by atoms with van der Waals surface area (Å²) in [7, 11) is 1.39. The Balaban J connectivity index is 3.38. The molecule has 1 rings (SSSR count). The second-order valence-electron chi connectivity index (χ2n) is 2.95. The topological polar surface area (TPSA) is 45.9 Å². The first-order valence-electron chi connectivity index (χ1n) is 4.41. The molecule has 0 fully saturated rings. The smallest absolute Gasteiger partial charge is 0.265 e. The molecule has 0 saturated heterocycles. The van der Waals surface area contributed by atoms with Gasteiger partial charge in [0.05, 0.1) is 19.6 Å². The van der Waals surface area contributed by atoms with Crippen LogP contribution in [0.5, 0.6) is 5.88 Å². The summed E-state index contributed by atoms with van der Waals surface area (Å²) >= 11 is 3.13. The summed E-state index contributed by atoms with van der Waals surface area (Å²) in [5.74, 6) is 0.223. The van der Waals surface area contributed by atoms with E-state index in [1.54, 1.807) is 0 Å². The van der Waals surface area contributed by atoms with Gasteiger partial charge in [0, 0.05) is 22.7 Å². The highest BCUT2D eigenvalue weighted by Gasteiger charge is 2.19. The van der Waals surface area contributed by atoms with Gasteiger partial charge in [0.25, 0.3) is 6.43 Å². The lowest BCUT2D eigenvalue weighted by molar-refractivity contribution is 0.149. The molecule has 0 saturated carbocycles. The number of hydrogen-bond acceptors (Lipinski definition) is 3. The van der Waals surface area contributed by atoms with Gasteiger partial charge in [0.2, 0.25) is 5.88 Å². The van der Waals surface area contributed by atoms with Gasteiger partial charge in [-0.25, -0.2) is 13.8 Å². The van der Waals surface area contributed by atoms with Crippen LogP contribution in [0.1, 0.15) is 23.1 Å². The van der Waals surface area contributed by atoms with Crippen molar-refractivity contribution in [2.24, 2.45) is 0 Å². The molecule has 0 amide bonds. The Labute approximate surface area is 100 Å². The third kappa shape index (κ3) is 2.47. The van der Waals surface area contributed by atoms with Crippen LogP contribution in [0.3, 0.4) is 0 Å². The maximum absolute atomic E-state index is 12.7. The molecule has 0 N–H and O–H groups in total. The number of rotatable bonds is 4. The standard InChI is InChI=1S/C10H9BrF2N2O/c1-16-10-6(2-3-14)7(4-11)8(5-15-10)9(12)13/h5,9H,2,4H2,1H3. The van der Waals surface area contributed by atoms with Crippen LogP contribution in [0.2, 0.25) is 0 Å². The van der Waals surface area contributed by atoms with Gasteiger partial charge < -0.3 is 4.74 Å². The van der Waals surface area contributed by atoms with Crippen LogP contribution < -0.4 is 4.74 Å². The number of alkyl halides is 3. The molecular weight excluding hydrogens is 282 g/mol. The van der Waals surface area contributed by atoms with Gasteiger partial charge >= 0.3 is 0 Å². The summed E-state index contributed by atoms with van der Waals surface area (Å²) in [5.41, 5.74) is 0.631. The molecule has 0 unspecified atom stereocenters. The average molecular weight is 291 g/mol. The summed E-state index contributed by atoms with van der Waals surface area (Å²) in [6, 6.07) is 1.91. The number of halogens is 3. The van der Waals surface area contributed by atoms with E-state index in [0.717, 1.165) is 6.20 Å². The van der Waals surface area contributed by atoms with Crippen LogP contribution in [0, 0.1) is 11.3 Å². The van der Waals surface area contributed by atoms with Crippen molar-refractivity contribution in [2.45, 2.75) is 18.2 Å². The second kappa shape index (κ2) is 5.75. The third-order valence-corrected chi connectivity index (χ3v) is 2.67. The molecule has 16 heavy (non-hydrogen) atoms. The molecule has 6 heteroatoms. The lowest BCUT2D eigenvalue weighted by Gasteiger charge is -2.13. The minimum absolute atomic E-state index is 0.00231. The molecule has 0 spiro atoms. The van der Waals surface area contributed by atoms with Crippen molar-refractivity contribution in [3.05, 3.63) is 22.9 Å². The lowest BCUT2D eigenvalue weighted by Crippen LogP contribution is -2.04. The summed E-state index contributed by atoms with van der Waals surface area (Å²) in [4.78, 5) is 3.77. The van der Waals surface area contributed by atoms with E-state index in [1.165, 1.54) is 7.11 Å². The summed E-state index contributed by atoms with van der Waals surface area (Å²) in [5, 5.41) is 8.89. The number of aromatic nitrogens is 1. The maximum atomic E-state index is 12.7. The van der Waals surface area contributed by atoms with Crippen LogP contribution in [-0.4, -0.2) is 12.1 Å². The average Bonchev–Trinajstić information content (AvgIpc) is 2.28. The fourth-order valence-electron chi connectivity index (χ4n) is 1.37. The number of hydrogen-bond donors (Lipinski definition) is 0. The zero-order chi connectivity index (χ0) is 12.1. The molecular formula is C10H9BrF2N2O. The largest absolute Gasteiger partial charge is 0.481 e. The number of nitrogens with zero attached hydrogens (tertiary/aromatic N) is 2. The molecule has 1 aromatic heterocycles. The van der Waals surface area contributed by atoms with E-state index in [0.29, 0.717) is 11.1 Å². The van der Waals surface area contributed by atoms with Gasteiger partial charge in [-0.1, -0.05) is 15.9 Å². The van der Waals surface area contributed by atoms with Gasteiger partial charge in [-0.2, -0.15) is 5.26 Å². The van der Waals surface area contributed by atoms with E-state index in [-0.39, 0.29) is 23.2 Å². The first-order valence-corrected chi connectivity index (χ1v) is 5.53.